The molecule has 0 saturated carbocycles. The highest BCUT2D eigenvalue weighted by Crippen LogP contribution is 2.30. The molecule has 0 radical (unpaired) electrons. The molecule has 2 rings (SSSR count). The monoisotopic (exact) mass is 275 g/mol. The maximum Gasteiger partial charge on any atom is 0.138 e. The second-order valence-electron chi connectivity index (χ2n) is 4.16. The van der Waals surface area contributed by atoms with Crippen molar-refractivity contribution in [3.63, 3.8) is 0 Å². The van der Waals surface area contributed by atoms with E-state index in [0.29, 0.717) is 17.1 Å². The van der Waals surface area contributed by atoms with E-state index in [1.807, 2.05) is 0 Å². The molecule has 0 spiro atoms. The van der Waals surface area contributed by atoms with Crippen LogP contribution in [0, 0.1) is 0 Å². The van der Waals surface area contributed by atoms with Crippen LogP contribution in [0.3, 0.4) is 0 Å². The van der Waals surface area contributed by atoms with Gasteiger partial charge in [0.1, 0.15) is 5.75 Å². The van der Waals surface area contributed by atoms with E-state index in [1.54, 1.807) is 6.07 Å². The van der Waals surface area contributed by atoms with Crippen LogP contribution < -0.4 is 5.32 Å². The summed E-state index contributed by atoms with van der Waals surface area (Å²) in [5.74, 6) is 0.0934. The van der Waals surface area contributed by atoms with Gasteiger partial charge in [-0.1, -0.05) is 23.2 Å². The molecule has 0 aliphatic carbocycles. The van der Waals surface area contributed by atoms with Crippen LogP contribution in [0.4, 0.5) is 0 Å². The average molecular weight is 276 g/mol. The van der Waals surface area contributed by atoms with Gasteiger partial charge in [0.05, 0.1) is 11.1 Å². The molecule has 2 N–H and O–H groups in total. The maximum absolute atomic E-state index is 9.75. The molecule has 94 valence electrons. The normalized spacial score (nSPS) is 19.8. The van der Waals surface area contributed by atoms with E-state index in [0.717, 1.165) is 26.0 Å². The largest absolute Gasteiger partial charge is 0.506 e. The summed E-state index contributed by atoms with van der Waals surface area (Å²) in [6.45, 7) is 2.16. The fraction of sp³-hybridized carbons (Fsp3) is 0.500. The summed E-state index contributed by atoms with van der Waals surface area (Å²) < 4.78 is 5.49. The average Bonchev–Trinajstić information content (AvgIpc) is 2.78. The highest BCUT2D eigenvalue weighted by atomic mass is 35.5. The van der Waals surface area contributed by atoms with E-state index in [1.165, 1.54) is 6.07 Å². The molecule has 1 unspecified atom stereocenters. The van der Waals surface area contributed by atoms with Gasteiger partial charge in [0.2, 0.25) is 0 Å². The molecule has 0 aromatic heterocycles. The molecule has 1 aliphatic heterocycles. The molecule has 1 heterocycles. The van der Waals surface area contributed by atoms with Gasteiger partial charge in [-0.15, -0.1) is 0 Å². The number of nitrogens with one attached hydrogen (secondary N) is 1. The van der Waals surface area contributed by atoms with E-state index in [-0.39, 0.29) is 16.9 Å². The molecule has 1 aromatic rings. The van der Waals surface area contributed by atoms with Gasteiger partial charge in [-0.25, -0.2) is 0 Å². The Kier molecular flexibility index (Phi) is 4.51. The van der Waals surface area contributed by atoms with Crippen molar-refractivity contribution in [1.29, 1.82) is 0 Å². The van der Waals surface area contributed by atoms with E-state index < -0.39 is 0 Å². The number of phenols is 1. The number of aromatic hydroxyl groups is 1. The number of halogens is 2. The Bertz CT molecular complexity index is 392. The van der Waals surface area contributed by atoms with Crippen LogP contribution in [-0.4, -0.2) is 24.4 Å². The summed E-state index contributed by atoms with van der Waals surface area (Å²) >= 11 is 11.7. The van der Waals surface area contributed by atoms with Gasteiger partial charge in [-0.3, -0.25) is 0 Å². The molecular formula is C12H15Cl2NO2. The van der Waals surface area contributed by atoms with Crippen LogP contribution in [0.5, 0.6) is 5.75 Å². The maximum atomic E-state index is 9.75. The van der Waals surface area contributed by atoms with E-state index in [2.05, 4.69) is 5.32 Å². The van der Waals surface area contributed by atoms with E-state index in [9.17, 15) is 5.11 Å². The Balaban J connectivity index is 1.89. The lowest BCUT2D eigenvalue weighted by Gasteiger charge is -2.12. The van der Waals surface area contributed by atoms with Crippen molar-refractivity contribution in [3.8, 4) is 5.75 Å². The number of hydrogen-bond acceptors (Lipinski definition) is 3. The molecule has 0 amide bonds. The summed E-state index contributed by atoms with van der Waals surface area (Å²) in [4.78, 5) is 0. The Labute approximate surface area is 111 Å². The van der Waals surface area contributed by atoms with Gasteiger partial charge in [0.15, 0.2) is 0 Å². The van der Waals surface area contributed by atoms with Crippen LogP contribution in [0.2, 0.25) is 10.0 Å². The smallest absolute Gasteiger partial charge is 0.138 e. The van der Waals surface area contributed by atoms with Crippen molar-refractivity contribution in [2.45, 2.75) is 25.5 Å². The topological polar surface area (TPSA) is 41.5 Å². The summed E-state index contributed by atoms with van der Waals surface area (Å²) in [5, 5.41) is 13.8. The quantitative estimate of drug-likeness (QED) is 0.888. The molecule has 1 saturated heterocycles. The minimum absolute atomic E-state index is 0.0934. The molecule has 1 atom stereocenters. The van der Waals surface area contributed by atoms with Crippen molar-refractivity contribution in [1.82, 2.24) is 5.32 Å². The number of benzene rings is 1. The number of rotatable bonds is 4. The number of ether oxygens (including phenoxy) is 1. The molecule has 1 fully saturated rings. The standard InChI is InChI=1S/C12H15Cl2NO2/c13-9-4-8(12(16)11(14)5-9)6-15-7-10-2-1-3-17-10/h4-5,10,15-16H,1-3,6-7H2. The molecule has 5 heteroatoms. The van der Waals surface area contributed by atoms with Crippen LogP contribution in [0.25, 0.3) is 0 Å². The molecule has 1 aliphatic rings. The molecule has 3 nitrogen and oxygen atoms in total. The molecule has 17 heavy (non-hydrogen) atoms. The zero-order chi connectivity index (χ0) is 12.3. The third-order valence-electron chi connectivity index (χ3n) is 2.82. The van der Waals surface area contributed by atoms with Gasteiger partial charge in [-0.05, 0) is 25.0 Å². The van der Waals surface area contributed by atoms with Crippen molar-refractivity contribution in [2.75, 3.05) is 13.2 Å². The van der Waals surface area contributed by atoms with Gasteiger partial charge in [0, 0.05) is 30.3 Å². The van der Waals surface area contributed by atoms with E-state index in [4.69, 9.17) is 27.9 Å². The second-order valence-corrected chi connectivity index (χ2v) is 5.00. The Morgan fingerprint density at radius 3 is 2.94 bits per heavy atom. The SMILES string of the molecule is Oc1c(Cl)cc(Cl)cc1CNCC1CCCO1. The Morgan fingerprint density at radius 2 is 2.24 bits per heavy atom. The first-order chi connectivity index (χ1) is 8.16. The zero-order valence-corrected chi connectivity index (χ0v) is 10.9. The minimum atomic E-state index is 0.0934. The number of hydrogen-bond donors (Lipinski definition) is 2. The van der Waals surface area contributed by atoms with Crippen molar-refractivity contribution < 1.29 is 9.84 Å². The lowest BCUT2D eigenvalue weighted by molar-refractivity contribution is 0.110. The van der Waals surface area contributed by atoms with E-state index >= 15 is 0 Å². The fourth-order valence-corrected chi connectivity index (χ4v) is 2.46. The summed E-state index contributed by atoms with van der Waals surface area (Å²) in [6, 6.07) is 3.24. The van der Waals surface area contributed by atoms with Crippen LogP contribution in [0.1, 0.15) is 18.4 Å². The number of phenolic OH excluding ortho intramolecular Hbond substituents is 1. The van der Waals surface area contributed by atoms with Crippen LogP contribution in [0.15, 0.2) is 12.1 Å². The highest BCUT2D eigenvalue weighted by Gasteiger charge is 2.15. The molecular weight excluding hydrogens is 261 g/mol. The molecule has 1 aromatic carbocycles. The first-order valence-electron chi connectivity index (χ1n) is 5.66. The first kappa shape index (κ1) is 13.0. The second kappa shape index (κ2) is 5.91. The summed E-state index contributed by atoms with van der Waals surface area (Å²) in [5.41, 5.74) is 0.709. The van der Waals surface area contributed by atoms with Crippen LogP contribution in [-0.2, 0) is 11.3 Å². The van der Waals surface area contributed by atoms with Crippen molar-refractivity contribution in [2.24, 2.45) is 0 Å². The highest BCUT2D eigenvalue weighted by molar-refractivity contribution is 6.35. The third kappa shape index (κ3) is 3.49. The van der Waals surface area contributed by atoms with Crippen molar-refractivity contribution in [3.05, 3.63) is 27.7 Å². The first-order valence-corrected chi connectivity index (χ1v) is 6.41. The predicted molar refractivity (Wildman–Crippen MR) is 68.8 cm³/mol. The summed E-state index contributed by atoms with van der Waals surface area (Å²) in [6.07, 6.45) is 2.50. The van der Waals surface area contributed by atoms with Crippen LogP contribution >= 0.6 is 23.2 Å². The lowest BCUT2D eigenvalue weighted by atomic mass is 10.2. The third-order valence-corrected chi connectivity index (χ3v) is 3.32. The van der Waals surface area contributed by atoms with Gasteiger partial charge in [-0.2, -0.15) is 0 Å². The van der Waals surface area contributed by atoms with Gasteiger partial charge >= 0.3 is 0 Å². The van der Waals surface area contributed by atoms with Gasteiger partial charge in [0.25, 0.3) is 0 Å². The Morgan fingerprint density at radius 1 is 1.41 bits per heavy atom. The lowest BCUT2D eigenvalue weighted by Crippen LogP contribution is -2.25. The fourth-order valence-electron chi connectivity index (χ4n) is 1.93. The minimum Gasteiger partial charge on any atom is -0.506 e. The zero-order valence-electron chi connectivity index (χ0n) is 9.38. The van der Waals surface area contributed by atoms with Gasteiger partial charge < -0.3 is 15.2 Å². The predicted octanol–water partition coefficient (Wildman–Crippen LogP) is 2.97. The summed E-state index contributed by atoms with van der Waals surface area (Å²) in [7, 11) is 0. The van der Waals surface area contributed by atoms with Crippen molar-refractivity contribution >= 4 is 23.2 Å². The molecule has 0 bridgehead atoms. The Hall–Kier alpha value is -0.480.